The molecule has 0 radical (unpaired) electrons. The van der Waals surface area contributed by atoms with Crippen molar-refractivity contribution in [2.24, 2.45) is 11.3 Å². The van der Waals surface area contributed by atoms with E-state index in [-0.39, 0.29) is 45.4 Å². The van der Waals surface area contributed by atoms with Crippen molar-refractivity contribution in [1.29, 1.82) is 0 Å². The Bertz CT molecular complexity index is 540. The number of hydrogen-bond donors (Lipinski definition) is 0. The standard InChI is InChI=1S/C11H16O.C9H12O.C2H3.BrH.Mg/c1-2-11-7-4-3-5-9(11)10(12)6-8-11;10-9-6-5-7-3-1-2-4-8(7)9;1-2;;/h2,9H,1,3-8H2;1-6H2;1H,2H2;1H;/q;;-1;;+2/p-1. The zero-order valence-corrected chi connectivity index (χ0v) is 19.0. The molecule has 0 N–H and O–H groups in total. The zero-order valence-electron chi connectivity index (χ0n) is 16.0. The molecule has 2 nitrogen and oxygen atoms in total. The minimum Gasteiger partial charge on any atom is -1.00 e. The summed E-state index contributed by atoms with van der Waals surface area (Å²) < 4.78 is 0. The van der Waals surface area contributed by atoms with Crippen LogP contribution < -0.4 is 17.0 Å². The van der Waals surface area contributed by atoms with Crippen molar-refractivity contribution in [2.75, 3.05) is 0 Å². The van der Waals surface area contributed by atoms with Crippen molar-refractivity contribution in [2.45, 2.75) is 77.0 Å². The van der Waals surface area contributed by atoms with Gasteiger partial charge in [0.15, 0.2) is 5.78 Å². The van der Waals surface area contributed by atoms with Crippen molar-refractivity contribution < 1.29 is 26.6 Å². The second-order valence-electron chi connectivity index (χ2n) is 7.41. The van der Waals surface area contributed by atoms with Gasteiger partial charge < -0.3 is 23.6 Å². The SMILES string of the molecule is C=CC12CCCCC1C(=O)CC2.O=C1CCC2=C1CCCC2.[Br-].[CH-]=C.[Mg+2]. The van der Waals surface area contributed by atoms with Crippen LogP contribution in [0.25, 0.3) is 0 Å². The molecular weight excluding hydrogens is 400 g/mol. The van der Waals surface area contributed by atoms with Crippen molar-refractivity contribution >= 4 is 34.6 Å². The van der Waals surface area contributed by atoms with Gasteiger partial charge >= 0.3 is 23.1 Å². The van der Waals surface area contributed by atoms with Gasteiger partial charge in [-0.3, -0.25) is 16.2 Å². The maximum atomic E-state index is 11.5. The molecule has 2 fully saturated rings. The number of carbonyl (C=O) groups is 2. The van der Waals surface area contributed by atoms with Gasteiger partial charge in [-0.25, -0.2) is 0 Å². The van der Waals surface area contributed by atoms with Gasteiger partial charge in [-0.15, -0.1) is 6.58 Å². The molecule has 0 aromatic carbocycles. The van der Waals surface area contributed by atoms with Gasteiger partial charge in [0, 0.05) is 18.8 Å². The molecule has 0 amide bonds. The minimum atomic E-state index is 0. The van der Waals surface area contributed by atoms with E-state index in [9.17, 15) is 9.59 Å². The van der Waals surface area contributed by atoms with Crippen molar-refractivity contribution in [3.8, 4) is 0 Å². The predicted octanol–water partition coefficient (Wildman–Crippen LogP) is 2.16. The van der Waals surface area contributed by atoms with Crippen LogP contribution in [0.15, 0.2) is 30.4 Å². The third kappa shape index (κ3) is 5.65. The summed E-state index contributed by atoms with van der Waals surface area (Å²) in [6.07, 6.45) is 15.5. The van der Waals surface area contributed by atoms with Gasteiger partial charge in [-0.05, 0) is 62.4 Å². The third-order valence-electron chi connectivity index (χ3n) is 6.28. The number of halogens is 1. The number of allylic oxidation sites excluding steroid dienone is 3. The van der Waals surface area contributed by atoms with Crippen molar-refractivity contribution in [3.05, 3.63) is 37.0 Å². The minimum absolute atomic E-state index is 0. The fourth-order valence-corrected chi connectivity index (χ4v) is 4.92. The van der Waals surface area contributed by atoms with E-state index in [1.165, 1.54) is 49.7 Å². The van der Waals surface area contributed by atoms with Crippen LogP contribution in [0, 0.1) is 17.9 Å². The summed E-state index contributed by atoms with van der Waals surface area (Å²) in [6.45, 7) is 10.9. The van der Waals surface area contributed by atoms with Crippen molar-refractivity contribution in [3.63, 3.8) is 0 Å². The molecule has 0 aromatic rings. The van der Waals surface area contributed by atoms with Gasteiger partial charge in [-0.2, -0.15) is 0 Å². The third-order valence-corrected chi connectivity index (χ3v) is 6.28. The maximum Gasteiger partial charge on any atom is 2.00 e. The van der Waals surface area contributed by atoms with Crippen LogP contribution in [0.5, 0.6) is 0 Å². The van der Waals surface area contributed by atoms with Crippen LogP contribution in [0.1, 0.15) is 77.0 Å². The normalized spacial score (nSPS) is 28.8. The molecule has 4 heteroatoms. The molecule has 0 bridgehead atoms. The Morgan fingerprint density at radius 2 is 1.62 bits per heavy atom. The average molecular weight is 432 g/mol. The number of carbonyl (C=O) groups excluding carboxylic acids is 2. The fraction of sp³-hybridized carbons (Fsp3) is 0.636. The van der Waals surface area contributed by atoms with Gasteiger partial charge in [-0.1, -0.05) is 24.5 Å². The average Bonchev–Trinajstić information content (AvgIpc) is 3.19. The first-order chi connectivity index (χ1) is 11.7. The molecule has 2 unspecified atom stereocenters. The maximum absolute atomic E-state index is 11.5. The summed E-state index contributed by atoms with van der Waals surface area (Å²) in [6, 6.07) is 0. The summed E-state index contributed by atoms with van der Waals surface area (Å²) >= 11 is 0. The zero-order chi connectivity index (χ0) is 17.6. The van der Waals surface area contributed by atoms with Crippen LogP contribution in [0.3, 0.4) is 0 Å². The number of ketones is 2. The Hall–Kier alpha value is -0.194. The molecular formula is C22H31BrMgO2. The van der Waals surface area contributed by atoms with E-state index in [0.717, 1.165) is 38.5 Å². The second kappa shape index (κ2) is 12.3. The van der Waals surface area contributed by atoms with Crippen molar-refractivity contribution in [1.82, 2.24) is 0 Å². The molecule has 4 aliphatic carbocycles. The molecule has 0 aliphatic heterocycles. The Labute approximate surface area is 185 Å². The van der Waals surface area contributed by atoms with E-state index in [0.29, 0.717) is 17.5 Å². The van der Waals surface area contributed by atoms with Crippen LogP contribution >= 0.6 is 0 Å². The molecule has 0 heterocycles. The molecule has 4 aliphatic rings. The molecule has 2 saturated carbocycles. The first-order valence-electron chi connectivity index (χ1n) is 9.47. The monoisotopic (exact) mass is 430 g/mol. The molecule has 0 aromatic heterocycles. The summed E-state index contributed by atoms with van der Waals surface area (Å²) in [5, 5.41) is 0. The summed E-state index contributed by atoms with van der Waals surface area (Å²) in [4.78, 5) is 22.7. The number of hydrogen-bond acceptors (Lipinski definition) is 2. The first-order valence-corrected chi connectivity index (χ1v) is 9.47. The van der Waals surface area contributed by atoms with E-state index in [1.54, 1.807) is 0 Å². The Balaban J connectivity index is 0.000000414. The van der Waals surface area contributed by atoms with E-state index in [2.05, 4.69) is 25.8 Å². The fourth-order valence-electron chi connectivity index (χ4n) is 4.92. The van der Waals surface area contributed by atoms with Crippen LogP contribution in [0.2, 0.25) is 0 Å². The quantitative estimate of drug-likeness (QED) is 0.362. The summed E-state index contributed by atoms with van der Waals surface area (Å²) in [7, 11) is 0. The Morgan fingerprint density at radius 1 is 0.923 bits per heavy atom. The molecule has 4 rings (SSSR count). The largest absolute Gasteiger partial charge is 2.00 e. The first kappa shape index (κ1) is 25.8. The number of rotatable bonds is 1. The number of Topliss-reactive ketones (excluding diaryl/α,β-unsaturated/α-hetero) is 2. The Morgan fingerprint density at radius 3 is 2.23 bits per heavy atom. The topological polar surface area (TPSA) is 34.1 Å². The van der Waals surface area contributed by atoms with E-state index >= 15 is 0 Å². The summed E-state index contributed by atoms with van der Waals surface area (Å²) in [5.41, 5.74) is 2.90. The van der Waals surface area contributed by atoms with Crippen LogP contribution in [0.4, 0.5) is 0 Å². The van der Waals surface area contributed by atoms with Gasteiger partial charge in [0.1, 0.15) is 5.78 Å². The van der Waals surface area contributed by atoms with E-state index < -0.39 is 0 Å². The summed E-state index contributed by atoms with van der Waals surface area (Å²) in [5.74, 6) is 1.27. The van der Waals surface area contributed by atoms with Gasteiger partial charge in [0.2, 0.25) is 0 Å². The van der Waals surface area contributed by atoms with E-state index in [1.807, 2.05) is 0 Å². The number of fused-ring (bicyclic) bond motifs is 1. The molecule has 0 saturated heterocycles. The molecule has 2 atom stereocenters. The van der Waals surface area contributed by atoms with Gasteiger partial charge in [0.25, 0.3) is 0 Å². The van der Waals surface area contributed by atoms with Crippen LogP contribution in [-0.2, 0) is 9.59 Å². The molecule has 26 heavy (non-hydrogen) atoms. The van der Waals surface area contributed by atoms with E-state index in [4.69, 9.17) is 0 Å². The smallest absolute Gasteiger partial charge is 1.00 e. The predicted molar refractivity (Wildman–Crippen MR) is 104 cm³/mol. The molecule has 140 valence electrons. The Kier molecular flexibility index (Phi) is 12.2. The molecule has 0 spiro atoms. The van der Waals surface area contributed by atoms with Crippen LogP contribution in [-0.4, -0.2) is 34.6 Å². The second-order valence-corrected chi connectivity index (χ2v) is 7.41. The van der Waals surface area contributed by atoms with Gasteiger partial charge in [0.05, 0.1) is 0 Å².